The lowest BCUT2D eigenvalue weighted by molar-refractivity contribution is 0.0731. The van der Waals surface area contributed by atoms with Crippen LogP contribution in [0.2, 0.25) is 0 Å². The molecule has 1 N–H and O–H groups in total. The Morgan fingerprint density at radius 3 is 2.80 bits per heavy atom. The minimum Gasteiger partial charge on any atom is -0.472 e. The molecule has 0 unspecified atom stereocenters. The largest absolute Gasteiger partial charge is 0.472 e. The van der Waals surface area contributed by atoms with Gasteiger partial charge in [-0.25, -0.2) is 9.97 Å². The standard InChI is InChI=1S/C21H16N4O3S2/c26-18(14-7-9-28-11-14)24-21-23-15-6-8-25(10-17(15)30-21)20(27)16-12-29-19(22-16)13-4-2-1-3-5-13/h1-5,7,9,11-12H,6,8,10H2,(H,23,24,26). The van der Waals surface area contributed by atoms with Crippen molar-refractivity contribution < 1.29 is 14.0 Å². The van der Waals surface area contributed by atoms with Crippen LogP contribution in [-0.4, -0.2) is 33.2 Å². The van der Waals surface area contributed by atoms with Gasteiger partial charge in [0.15, 0.2) is 5.13 Å². The predicted octanol–water partition coefficient (Wildman–Crippen LogP) is 4.31. The summed E-state index contributed by atoms with van der Waals surface area (Å²) in [5, 5.41) is 5.96. The van der Waals surface area contributed by atoms with Crippen LogP contribution in [-0.2, 0) is 13.0 Å². The fraction of sp³-hybridized carbons (Fsp3) is 0.143. The van der Waals surface area contributed by atoms with Crippen LogP contribution >= 0.6 is 22.7 Å². The Labute approximate surface area is 180 Å². The zero-order valence-corrected chi connectivity index (χ0v) is 17.3. The number of fused-ring (bicyclic) bond motifs is 1. The van der Waals surface area contributed by atoms with E-state index in [1.807, 2.05) is 35.7 Å². The summed E-state index contributed by atoms with van der Waals surface area (Å²) in [4.78, 5) is 37.0. The Morgan fingerprint density at radius 2 is 2.00 bits per heavy atom. The zero-order chi connectivity index (χ0) is 20.5. The van der Waals surface area contributed by atoms with Crippen molar-refractivity contribution in [1.82, 2.24) is 14.9 Å². The molecule has 0 saturated carbocycles. The van der Waals surface area contributed by atoms with Gasteiger partial charge >= 0.3 is 0 Å². The van der Waals surface area contributed by atoms with Crippen molar-refractivity contribution >= 4 is 39.6 Å². The first-order chi connectivity index (χ1) is 14.7. The lowest BCUT2D eigenvalue weighted by Crippen LogP contribution is -2.35. The van der Waals surface area contributed by atoms with Crippen LogP contribution in [0.15, 0.2) is 58.7 Å². The number of furan rings is 1. The number of carbonyl (C=O) groups excluding carboxylic acids is 2. The number of hydrogen-bond acceptors (Lipinski definition) is 7. The van der Waals surface area contributed by atoms with Crippen LogP contribution in [0.1, 0.15) is 31.4 Å². The average Bonchev–Trinajstić information content (AvgIpc) is 3.53. The molecule has 0 atom stereocenters. The highest BCUT2D eigenvalue weighted by Crippen LogP contribution is 2.30. The third kappa shape index (κ3) is 3.64. The molecule has 150 valence electrons. The molecular weight excluding hydrogens is 420 g/mol. The van der Waals surface area contributed by atoms with E-state index in [9.17, 15) is 9.59 Å². The summed E-state index contributed by atoms with van der Waals surface area (Å²) in [6.45, 7) is 1.04. The van der Waals surface area contributed by atoms with Gasteiger partial charge in [-0.2, -0.15) is 0 Å². The van der Waals surface area contributed by atoms with E-state index >= 15 is 0 Å². The smallest absolute Gasteiger partial charge is 0.273 e. The van der Waals surface area contributed by atoms with Crippen LogP contribution in [0.4, 0.5) is 5.13 Å². The van der Waals surface area contributed by atoms with Crippen molar-refractivity contribution in [3.63, 3.8) is 0 Å². The number of rotatable bonds is 4. The van der Waals surface area contributed by atoms with Gasteiger partial charge in [-0.05, 0) is 6.07 Å². The maximum absolute atomic E-state index is 13.0. The zero-order valence-electron chi connectivity index (χ0n) is 15.7. The number of nitrogens with zero attached hydrogens (tertiary/aromatic N) is 3. The lowest BCUT2D eigenvalue weighted by Gasteiger charge is -2.25. The first-order valence-electron chi connectivity index (χ1n) is 9.30. The van der Waals surface area contributed by atoms with Crippen molar-refractivity contribution in [1.29, 1.82) is 0 Å². The summed E-state index contributed by atoms with van der Waals surface area (Å²) < 4.78 is 4.94. The Hall–Kier alpha value is -3.30. The summed E-state index contributed by atoms with van der Waals surface area (Å²) in [6, 6.07) is 11.4. The predicted molar refractivity (Wildman–Crippen MR) is 115 cm³/mol. The molecule has 1 aromatic carbocycles. The summed E-state index contributed by atoms with van der Waals surface area (Å²) in [7, 11) is 0. The number of amides is 2. The summed E-state index contributed by atoms with van der Waals surface area (Å²) in [5.41, 5.74) is 2.83. The minimum absolute atomic E-state index is 0.0866. The van der Waals surface area contributed by atoms with E-state index in [0.717, 1.165) is 21.1 Å². The van der Waals surface area contributed by atoms with Crippen LogP contribution in [0, 0.1) is 0 Å². The van der Waals surface area contributed by atoms with Crippen molar-refractivity contribution in [3.8, 4) is 10.6 Å². The van der Waals surface area contributed by atoms with Crippen LogP contribution < -0.4 is 5.32 Å². The van der Waals surface area contributed by atoms with E-state index in [-0.39, 0.29) is 11.8 Å². The SMILES string of the molecule is O=C(Nc1nc2c(s1)CN(C(=O)c1csc(-c3ccccc3)n1)CC2)c1ccoc1. The van der Waals surface area contributed by atoms with Gasteiger partial charge in [0.1, 0.15) is 17.0 Å². The maximum Gasteiger partial charge on any atom is 0.273 e. The quantitative estimate of drug-likeness (QED) is 0.515. The molecule has 5 rings (SSSR count). The van der Waals surface area contributed by atoms with Crippen molar-refractivity contribution in [2.75, 3.05) is 11.9 Å². The third-order valence-electron chi connectivity index (χ3n) is 4.77. The third-order valence-corrected chi connectivity index (χ3v) is 6.66. The van der Waals surface area contributed by atoms with Gasteiger partial charge in [-0.1, -0.05) is 41.7 Å². The van der Waals surface area contributed by atoms with E-state index in [0.29, 0.717) is 35.9 Å². The topological polar surface area (TPSA) is 88.3 Å². The molecular formula is C21H16N4O3S2. The second kappa shape index (κ2) is 7.85. The second-order valence-corrected chi connectivity index (χ2v) is 8.68. The average molecular weight is 437 g/mol. The van der Waals surface area contributed by atoms with Gasteiger partial charge in [0, 0.05) is 28.8 Å². The molecule has 7 nitrogen and oxygen atoms in total. The van der Waals surface area contributed by atoms with E-state index in [1.165, 1.54) is 35.2 Å². The van der Waals surface area contributed by atoms with Crippen LogP contribution in [0.25, 0.3) is 10.6 Å². The molecule has 4 aromatic rings. The molecule has 0 spiro atoms. The summed E-state index contributed by atoms with van der Waals surface area (Å²) in [5.74, 6) is -0.352. The van der Waals surface area contributed by atoms with Crippen molar-refractivity contribution in [2.24, 2.45) is 0 Å². The summed E-state index contributed by atoms with van der Waals surface area (Å²) >= 11 is 2.86. The molecule has 9 heteroatoms. The molecule has 4 heterocycles. The second-order valence-electron chi connectivity index (χ2n) is 6.74. The molecule has 3 aromatic heterocycles. The maximum atomic E-state index is 13.0. The first-order valence-corrected chi connectivity index (χ1v) is 11.0. The highest BCUT2D eigenvalue weighted by atomic mass is 32.1. The number of benzene rings is 1. The summed E-state index contributed by atoms with van der Waals surface area (Å²) in [6.07, 6.45) is 3.49. The van der Waals surface area contributed by atoms with E-state index < -0.39 is 0 Å². The van der Waals surface area contributed by atoms with Gasteiger partial charge in [-0.15, -0.1) is 11.3 Å². The first kappa shape index (κ1) is 18.7. The molecule has 0 saturated heterocycles. The Morgan fingerprint density at radius 1 is 1.13 bits per heavy atom. The van der Waals surface area contributed by atoms with Gasteiger partial charge in [0.2, 0.25) is 0 Å². The van der Waals surface area contributed by atoms with Crippen molar-refractivity contribution in [3.05, 3.63) is 76.1 Å². The van der Waals surface area contributed by atoms with Gasteiger partial charge in [-0.3, -0.25) is 14.9 Å². The van der Waals surface area contributed by atoms with Gasteiger partial charge < -0.3 is 9.32 Å². The Balaban J connectivity index is 1.29. The number of carbonyl (C=O) groups is 2. The van der Waals surface area contributed by atoms with Gasteiger partial charge in [0.25, 0.3) is 11.8 Å². The van der Waals surface area contributed by atoms with Crippen LogP contribution in [0.3, 0.4) is 0 Å². The highest BCUT2D eigenvalue weighted by molar-refractivity contribution is 7.16. The number of nitrogens with one attached hydrogen (secondary N) is 1. The number of thiazole rings is 2. The molecule has 1 aliphatic rings. The minimum atomic E-state index is -0.265. The van der Waals surface area contributed by atoms with E-state index in [4.69, 9.17) is 4.42 Å². The fourth-order valence-corrected chi connectivity index (χ4v) is 5.05. The molecule has 0 bridgehead atoms. The normalized spacial score (nSPS) is 13.1. The van der Waals surface area contributed by atoms with Crippen molar-refractivity contribution in [2.45, 2.75) is 13.0 Å². The monoisotopic (exact) mass is 436 g/mol. The molecule has 0 aliphatic carbocycles. The Bertz CT molecular complexity index is 1200. The lowest BCUT2D eigenvalue weighted by atomic mass is 10.1. The van der Waals surface area contributed by atoms with Gasteiger partial charge in [0.05, 0.1) is 24.1 Å². The van der Waals surface area contributed by atoms with E-state index in [1.54, 1.807) is 11.0 Å². The molecule has 0 fully saturated rings. The van der Waals surface area contributed by atoms with E-state index in [2.05, 4.69) is 15.3 Å². The Kier molecular flexibility index (Phi) is 4.89. The highest BCUT2D eigenvalue weighted by Gasteiger charge is 2.27. The fourth-order valence-electron chi connectivity index (χ4n) is 3.23. The molecule has 2 amide bonds. The molecule has 0 radical (unpaired) electrons. The molecule has 30 heavy (non-hydrogen) atoms. The van der Waals surface area contributed by atoms with Crippen LogP contribution in [0.5, 0.6) is 0 Å². The number of aromatic nitrogens is 2. The number of hydrogen-bond donors (Lipinski definition) is 1. The number of anilines is 1. The molecule has 1 aliphatic heterocycles.